The number of hydrogen-bond acceptors (Lipinski definition) is 6. The van der Waals surface area contributed by atoms with Crippen molar-refractivity contribution in [3.63, 3.8) is 0 Å². The van der Waals surface area contributed by atoms with E-state index in [4.69, 9.17) is 9.47 Å². The maximum atomic E-state index is 14.1. The molecule has 1 aliphatic heterocycles. The summed E-state index contributed by atoms with van der Waals surface area (Å²) in [6, 6.07) is 15.4. The van der Waals surface area contributed by atoms with E-state index in [1.165, 1.54) is 5.57 Å². The number of ketones is 1. The van der Waals surface area contributed by atoms with E-state index < -0.39 is 23.2 Å². The van der Waals surface area contributed by atoms with Gasteiger partial charge in [0.15, 0.2) is 5.78 Å². The summed E-state index contributed by atoms with van der Waals surface area (Å²) < 4.78 is 11.3. The predicted molar refractivity (Wildman–Crippen MR) is 171 cm³/mol. The lowest BCUT2D eigenvalue weighted by Gasteiger charge is -2.46. The van der Waals surface area contributed by atoms with Gasteiger partial charge >= 0.3 is 6.09 Å². The molecule has 2 aromatic rings. The third kappa shape index (κ3) is 6.95. The molecule has 4 aliphatic rings. The second kappa shape index (κ2) is 14.0. The van der Waals surface area contributed by atoms with Gasteiger partial charge < -0.3 is 24.6 Å². The van der Waals surface area contributed by atoms with Crippen molar-refractivity contribution < 1.29 is 29.3 Å². The van der Waals surface area contributed by atoms with E-state index in [-0.39, 0.29) is 31.0 Å². The van der Waals surface area contributed by atoms with Gasteiger partial charge in [0, 0.05) is 23.1 Å². The Morgan fingerprint density at radius 2 is 1.89 bits per heavy atom. The van der Waals surface area contributed by atoms with Gasteiger partial charge in [-0.3, -0.25) is 4.79 Å². The number of aliphatic hydroxyl groups excluding tert-OH is 1. The minimum atomic E-state index is -1.20. The van der Waals surface area contributed by atoms with Crippen LogP contribution in [0.3, 0.4) is 0 Å². The first kappa shape index (κ1) is 32.4. The Kier molecular flexibility index (Phi) is 10.3. The van der Waals surface area contributed by atoms with Crippen LogP contribution in [0.2, 0.25) is 0 Å². The van der Waals surface area contributed by atoms with Gasteiger partial charge in [0.1, 0.15) is 0 Å². The van der Waals surface area contributed by atoms with E-state index in [0.29, 0.717) is 56.4 Å². The highest BCUT2D eigenvalue weighted by Crippen LogP contribution is 2.59. The van der Waals surface area contributed by atoms with E-state index >= 15 is 0 Å². The van der Waals surface area contributed by atoms with Crippen LogP contribution in [-0.4, -0.2) is 71.1 Å². The average molecular weight is 604 g/mol. The van der Waals surface area contributed by atoms with Gasteiger partial charge in [-0.05, 0) is 94.7 Å². The smallest absolute Gasteiger partial charge is 0.409 e. The molecule has 0 aromatic heterocycles. The van der Waals surface area contributed by atoms with E-state index in [2.05, 4.69) is 26.0 Å². The summed E-state index contributed by atoms with van der Waals surface area (Å²) in [4.78, 5) is 29.0. The third-order valence-corrected chi connectivity index (χ3v) is 10.4. The number of hydrogen-bond donors (Lipinski definition) is 2. The van der Waals surface area contributed by atoms with Crippen molar-refractivity contribution in [2.24, 2.45) is 5.41 Å². The van der Waals surface area contributed by atoms with Crippen molar-refractivity contribution in [2.75, 3.05) is 26.3 Å². The Morgan fingerprint density at radius 1 is 1.09 bits per heavy atom. The normalized spacial score (nSPS) is 29.0. The molecule has 1 saturated heterocycles. The van der Waals surface area contributed by atoms with Crippen LogP contribution in [0.1, 0.15) is 105 Å². The van der Waals surface area contributed by atoms with E-state index in [0.717, 1.165) is 36.8 Å². The molecule has 7 nitrogen and oxygen atoms in total. The quantitative estimate of drug-likeness (QED) is 0.274. The first-order valence-corrected chi connectivity index (χ1v) is 16.5. The third-order valence-electron chi connectivity index (χ3n) is 10.4. The van der Waals surface area contributed by atoms with Crippen LogP contribution in [-0.2, 0) is 15.9 Å². The fraction of sp³-hybridized carbons (Fsp3) is 0.568. The molecule has 3 aliphatic carbocycles. The van der Waals surface area contributed by atoms with E-state index in [1.54, 1.807) is 11.8 Å². The summed E-state index contributed by atoms with van der Waals surface area (Å²) in [6.45, 7) is 7.52. The minimum absolute atomic E-state index is 0.0518. The van der Waals surface area contributed by atoms with Gasteiger partial charge in [-0.25, -0.2) is 4.79 Å². The van der Waals surface area contributed by atoms with E-state index in [1.807, 2.05) is 42.5 Å². The summed E-state index contributed by atoms with van der Waals surface area (Å²) in [5.41, 5.74) is 2.49. The molecule has 2 aromatic carbocycles. The highest BCUT2D eigenvalue weighted by Gasteiger charge is 2.58. The zero-order valence-corrected chi connectivity index (χ0v) is 26.6. The van der Waals surface area contributed by atoms with Gasteiger partial charge in [-0.15, -0.1) is 0 Å². The Bertz CT molecular complexity index is 1330. The van der Waals surface area contributed by atoms with Gasteiger partial charge in [0.05, 0.1) is 37.5 Å². The second-order valence-corrected chi connectivity index (χ2v) is 13.4. The van der Waals surface area contributed by atoms with Crippen molar-refractivity contribution in [1.82, 2.24) is 4.90 Å². The highest BCUT2D eigenvalue weighted by molar-refractivity contribution is 6.10. The molecule has 2 N–H and O–H groups in total. The molecular formula is C37H49NO6. The van der Waals surface area contributed by atoms with Crippen LogP contribution in [0.15, 0.2) is 60.2 Å². The number of ether oxygens (including phenoxy) is 2. The molecule has 2 fully saturated rings. The largest absolute Gasteiger partial charge is 0.450 e. The maximum absolute atomic E-state index is 14.1. The van der Waals surface area contributed by atoms with E-state index in [9.17, 15) is 19.8 Å². The first-order valence-electron chi connectivity index (χ1n) is 16.5. The first-order chi connectivity index (χ1) is 21.1. The number of benzene rings is 2. The van der Waals surface area contributed by atoms with Crippen molar-refractivity contribution in [2.45, 2.75) is 102 Å². The van der Waals surface area contributed by atoms with Gasteiger partial charge in [-0.2, -0.15) is 0 Å². The Morgan fingerprint density at radius 3 is 2.61 bits per heavy atom. The fourth-order valence-corrected chi connectivity index (χ4v) is 7.71. The number of amides is 1. The van der Waals surface area contributed by atoms with Crippen LogP contribution in [0.4, 0.5) is 4.79 Å². The summed E-state index contributed by atoms with van der Waals surface area (Å²) in [7, 11) is 0. The lowest BCUT2D eigenvalue weighted by Crippen LogP contribution is -2.55. The van der Waals surface area contributed by atoms with Gasteiger partial charge in [0.25, 0.3) is 0 Å². The second-order valence-electron chi connectivity index (χ2n) is 13.4. The highest BCUT2D eigenvalue weighted by atomic mass is 16.6. The standard InChI is InChI=1S/C37H49NO6/c1-4-43-35(41)38(24-30-13-9-21-44-30)25-37(42)20-18-33-31-17-15-27(23-32(31)34(40)28-11-6-5-7-12-28)22-29(39)16-14-26(2)10-8-19-36(33,37)3/h5-7,10-12,15,17,23,29-30,33,39,42H,4,8-9,13-14,16,18-22,24-25H2,1-3H3. The number of rotatable bonds is 7. The fourth-order valence-electron chi connectivity index (χ4n) is 7.71. The Balaban J connectivity index is 1.57. The van der Waals surface area contributed by atoms with Crippen molar-refractivity contribution in [3.8, 4) is 0 Å². The van der Waals surface area contributed by atoms with Crippen LogP contribution in [0.5, 0.6) is 0 Å². The molecule has 2 bridgehead atoms. The van der Waals surface area contributed by atoms with Crippen LogP contribution in [0.25, 0.3) is 0 Å². The van der Waals surface area contributed by atoms with Gasteiger partial charge in [0.2, 0.25) is 0 Å². The molecule has 1 saturated carbocycles. The Labute approximate surface area is 262 Å². The SMILES string of the molecule is CCOC(=O)N(CC1CCCO1)CC1(O)CCC2c3ccc(cc3C(=O)c3ccccc3)CC(O)CCC(C)=CCCC21C. The number of fused-ring (bicyclic) bond motifs is 8. The topological polar surface area (TPSA) is 96.3 Å². The van der Waals surface area contributed by atoms with Crippen LogP contribution in [0, 0.1) is 5.41 Å². The zero-order chi connectivity index (χ0) is 31.3. The molecule has 6 rings (SSSR count). The number of nitrogens with zero attached hydrogens (tertiary/aromatic N) is 1. The van der Waals surface area contributed by atoms with Crippen molar-refractivity contribution in [3.05, 3.63) is 82.4 Å². The number of allylic oxidation sites excluding steroid dienone is 2. The molecule has 238 valence electrons. The molecule has 0 radical (unpaired) electrons. The molecule has 1 heterocycles. The summed E-state index contributed by atoms with van der Waals surface area (Å²) in [6.07, 6.45) is 7.61. The Hall–Kier alpha value is -3.00. The van der Waals surface area contributed by atoms with Crippen LogP contribution >= 0.6 is 0 Å². The predicted octanol–water partition coefficient (Wildman–Crippen LogP) is 6.59. The zero-order valence-electron chi connectivity index (χ0n) is 26.6. The lowest BCUT2D eigenvalue weighted by molar-refractivity contribution is -0.0851. The number of carbonyl (C=O) groups excluding carboxylic acids is 2. The summed E-state index contributed by atoms with van der Waals surface area (Å²) >= 11 is 0. The molecule has 44 heavy (non-hydrogen) atoms. The number of carbonyl (C=O) groups is 2. The lowest BCUT2D eigenvalue weighted by atomic mass is 9.64. The van der Waals surface area contributed by atoms with Crippen molar-refractivity contribution >= 4 is 11.9 Å². The summed E-state index contributed by atoms with van der Waals surface area (Å²) in [5.74, 6) is -0.165. The maximum Gasteiger partial charge on any atom is 0.409 e. The summed E-state index contributed by atoms with van der Waals surface area (Å²) in [5, 5.41) is 23.5. The average Bonchev–Trinajstić information content (AvgIpc) is 3.61. The molecule has 0 spiro atoms. The van der Waals surface area contributed by atoms with Crippen LogP contribution < -0.4 is 0 Å². The molecule has 1 amide bonds. The van der Waals surface area contributed by atoms with Gasteiger partial charge in [-0.1, -0.05) is 61.0 Å². The number of aliphatic hydroxyl groups is 2. The molecule has 5 atom stereocenters. The minimum Gasteiger partial charge on any atom is -0.450 e. The van der Waals surface area contributed by atoms with Crippen molar-refractivity contribution in [1.29, 1.82) is 0 Å². The molecule has 5 unspecified atom stereocenters. The molecular weight excluding hydrogens is 554 g/mol. The molecule has 7 heteroatoms. The monoisotopic (exact) mass is 603 g/mol.